The normalized spacial score (nSPS) is 19.3. The maximum absolute atomic E-state index is 10.3. The number of alkyl halides is 1. The molecule has 1 aliphatic rings. The highest BCUT2D eigenvalue weighted by atomic mass is 127. The molecule has 1 N–H and O–H groups in total. The summed E-state index contributed by atoms with van der Waals surface area (Å²) in [5.41, 5.74) is 4.25. The maximum atomic E-state index is 10.3. The van der Waals surface area contributed by atoms with E-state index in [0.29, 0.717) is 5.75 Å². The zero-order valence-electron chi connectivity index (χ0n) is 17.2. The van der Waals surface area contributed by atoms with E-state index in [1.165, 1.54) is 61.4 Å². The second-order valence-corrected chi connectivity index (χ2v) is 9.43. The molecule has 0 aromatic heterocycles. The molecule has 0 saturated heterocycles. The van der Waals surface area contributed by atoms with Crippen LogP contribution in [-0.2, 0) is 6.42 Å². The summed E-state index contributed by atoms with van der Waals surface area (Å²) < 4.78 is 7.83. The van der Waals surface area contributed by atoms with Gasteiger partial charge in [-0.2, -0.15) is 0 Å². The first-order chi connectivity index (χ1) is 12.4. The van der Waals surface area contributed by atoms with E-state index in [1.807, 2.05) is 13.8 Å². The van der Waals surface area contributed by atoms with E-state index < -0.39 is 0 Å². The summed E-state index contributed by atoms with van der Waals surface area (Å²) >= 11 is 2.47. The highest BCUT2D eigenvalue weighted by molar-refractivity contribution is 14.1. The van der Waals surface area contributed by atoms with Gasteiger partial charge in [0.05, 0.1) is 0 Å². The fourth-order valence-electron chi connectivity index (χ4n) is 4.12. The van der Waals surface area contributed by atoms with Crippen molar-refractivity contribution in [1.29, 1.82) is 0 Å². The number of aromatic hydroxyl groups is 1. The summed E-state index contributed by atoms with van der Waals surface area (Å²) in [6.07, 6.45) is 14.1. The molecule has 1 atom stereocenters. The van der Waals surface area contributed by atoms with Gasteiger partial charge in [0.2, 0.25) is 0 Å². The number of ether oxygens (including phenoxy) is 1. The number of fused-ring (bicyclic) bond motifs is 1. The van der Waals surface area contributed by atoms with Gasteiger partial charge in [0.1, 0.15) is 17.1 Å². The summed E-state index contributed by atoms with van der Waals surface area (Å²) in [5.74, 6) is 1.49. The Hall–Kier alpha value is -0.450. The Morgan fingerprint density at radius 1 is 0.885 bits per heavy atom. The van der Waals surface area contributed by atoms with Crippen molar-refractivity contribution in [3.63, 3.8) is 0 Å². The van der Waals surface area contributed by atoms with Crippen molar-refractivity contribution in [1.82, 2.24) is 0 Å². The van der Waals surface area contributed by atoms with Crippen molar-refractivity contribution in [3.05, 3.63) is 22.3 Å². The minimum atomic E-state index is -0.0477. The summed E-state index contributed by atoms with van der Waals surface area (Å²) in [5, 5.41) is 10.3. The lowest BCUT2D eigenvalue weighted by molar-refractivity contribution is 0.0521. The predicted octanol–water partition coefficient (Wildman–Crippen LogP) is 7.35. The number of hydrogen-bond donors (Lipinski definition) is 1. The average molecular weight is 472 g/mol. The van der Waals surface area contributed by atoms with Gasteiger partial charge in [-0.05, 0) is 80.9 Å². The van der Waals surface area contributed by atoms with Gasteiger partial charge < -0.3 is 9.84 Å². The Kier molecular flexibility index (Phi) is 8.56. The van der Waals surface area contributed by atoms with Crippen LogP contribution in [0.1, 0.15) is 93.4 Å². The first-order valence-corrected chi connectivity index (χ1v) is 12.0. The van der Waals surface area contributed by atoms with Crippen LogP contribution in [0, 0.1) is 20.8 Å². The molecule has 0 aliphatic carbocycles. The van der Waals surface area contributed by atoms with Crippen LogP contribution in [0.3, 0.4) is 0 Å². The van der Waals surface area contributed by atoms with E-state index in [-0.39, 0.29) is 5.60 Å². The Labute approximate surface area is 174 Å². The van der Waals surface area contributed by atoms with Crippen LogP contribution in [0.2, 0.25) is 0 Å². The van der Waals surface area contributed by atoms with Crippen molar-refractivity contribution in [2.75, 3.05) is 4.43 Å². The quantitative estimate of drug-likeness (QED) is 0.219. The third-order valence-electron chi connectivity index (χ3n) is 6.18. The minimum absolute atomic E-state index is 0.0477. The summed E-state index contributed by atoms with van der Waals surface area (Å²) in [4.78, 5) is 0. The number of phenolic OH excluding ortho intramolecular Hbond substituents is 1. The van der Waals surface area contributed by atoms with Crippen LogP contribution in [0.5, 0.6) is 11.5 Å². The van der Waals surface area contributed by atoms with Crippen LogP contribution in [0.15, 0.2) is 0 Å². The largest absolute Gasteiger partial charge is 0.507 e. The van der Waals surface area contributed by atoms with E-state index in [4.69, 9.17) is 4.74 Å². The third-order valence-corrected chi connectivity index (χ3v) is 6.94. The summed E-state index contributed by atoms with van der Waals surface area (Å²) in [7, 11) is 0. The van der Waals surface area contributed by atoms with Crippen LogP contribution >= 0.6 is 22.6 Å². The smallest absolute Gasteiger partial charge is 0.127 e. The van der Waals surface area contributed by atoms with E-state index in [9.17, 15) is 5.11 Å². The van der Waals surface area contributed by atoms with Crippen LogP contribution < -0.4 is 4.74 Å². The zero-order valence-corrected chi connectivity index (χ0v) is 19.4. The maximum Gasteiger partial charge on any atom is 0.127 e. The highest BCUT2D eigenvalue weighted by Crippen LogP contribution is 2.44. The molecule has 0 bridgehead atoms. The van der Waals surface area contributed by atoms with Crippen LogP contribution in [0.25, 0.3) is 0 Å². The van der Waals surface area contributed by atoms with Crippen molar-refractivity contribution in [2.45, 2.75) is 104 Å². The van der Waals surface area contributed by atoms with E-state index >= 15 is 0 Å². The SMILES string of the molecule is Cc1c(C)c2c(c(C)c1O)CCC(C)(CCCCCCCCCCI)O2. The molecule has 26 heavy (non-hydrogen) atoms. The molecule has 0 spiro atoms. The molecule has 2 rings (SSSR count). The fraction of sp³-hybridized carbons (Fsp3) is 0.739. The zero-order chi connectivity index (χ0) is 19.2. The molecule has 1 aromatic rings. The van der Waals surface area contributed by atoms with Gasteiger partial charge in [-0.1, -0.05) is 61.1 Å². The summed E-state index contributed by atoms with van der Waals surface area (Å²) in [6.45, 7) is 8.37. The monoisotopic (exact) mass is 472 g/mol. The topological polar surface area (TPSA) is 29.5 Å². The molecule has 1 unspecified atom stereocenters. The molecule has 0 saturated carbocycles. The van der Waals surface area contributed by atoms with Gasteiger partial charge in [0.15, 0.2) is 0 Å². The molecular formula is C23H37IO2. The number of unbranched alkanes of at least 4 members (excludes halogenated alkanes) is 7. The molecule has 148 valence electrons. The first-order valence-electron chi connectivity index (χ1n) is 10.5. The average Bonchev–Trinajstić information content (AvgIpc) is 2.63. The Balaban J connectivity index is 1.80. The molecule has 1 heterocycles. The Morgan fingerprint density at radius 3 is 2.08 bits per heavy atom. The van der Waals surface area contributed by atoms with Crippen molar-refractivity contribution < 1.29 is 9.84 Å². The predicted molar refractivity (Wildman–Crippen MR) is 120 cm³/mol. The second-order valence-electron chi connectivity index (χ2n) is 8.35. The molecule has 1 aliphatic heterocycles. The van der Waals surface area contributed by atoms with Gasteiger partial charge in [0.25, 0.3) is 0 Å². The number of phenols is 1. The number of hydrogen-bond acceptors (Lipinski definition) is 2. The van der Waals surface area contributed by atoms with Crippen LogP contribution in [-0.4, -0.2) is 15.1 Å². The molecule has 0 fully saturated rings. The van der Waals surface area contributed by atoms with Crippen LogP contribution in [0.4, 0.5) is 0 Å². The van der Waals surface area contributed by atoms with Gasteiger partial charge in [0, 0.05) is 5.56 Å². The number of halogens is 1. The third kappa shape index (κ3) is 5.53. The molecule has 0 amide bonds. The number of benzene rings is 1. The molecule has 0 radical (unpaired) electrons. The first kappa shape index (κ1) is 21.8. The lowest BCUT2D eigenvalue weighted by Crippen LogP contribution is -2.37. The van der Waals surface area contributed by atoms with Crippen molar-refractivity contribution >= 4 is 22.6 Å². The highest BCUT2D eigenvalue weighted by Gasteiger charge is 2.34. The molecule has 1 aromatic carbocycles. The Bertz CT molecular complexity index is 597. The molecule has 3 heteroatoms. The van der Waals surface area contributed by atoms with Crippen molar-refractivity contribution in [3.8, 4) is 11.5 Å². The Morgan fingerprint density at radius 2 is 1.46 bits per heavy atom. The second kappa shape index (κ2) is 10.2. The van der Waals surface area contributed by atoms with Gasteiger partial charge in [-0.25, -0.2) is 0 Å². The van der Waals surface area contributed by atoms with Gasteiger partial charge in [-0.3, -0.25) is 0 Å². The summed E-state index contributed by atoms with van der Waals surface area (Å²) in [6, 6.07) is 0. The van der Waals surface area contributed by atoms with Gasteiger partial charge >= 0.3 is 0 Å². The van der Waals surface area contributed by atoms with Gasteiger partial charge in [-0.15, -0.1) is 0 Å². The van der Waals surface area contributed by atoms with E-state index in [0.717, 1.165) is 41.7 Å². The van der Waals surface area contributed by atoms with E-state index in [2.05, 4.69) is 36.4 Å². The lowest BCUT2D eigenvalue weighted by Gasteiger charge is -2.38. The fourth-order valence-corrected chi connectivity index (χ4v) is 4.66. The van der Waals surface area contributed by atoms with Crippen molar-refractivity contribution in [2.24, 2.45) is 0 Å². The number of rotatable bonds is 10. The minimum Gasteiger partial charge on any atom is -0.507 e. The lowest BCUT2D eigenvalue weighted by atomic mass is 9.84. The van der Waals surface area contributed by atoms with E-state index in [1.54, 1.807) is 0 Å². The standard InChI is InChI=1S/C23H37IO2/c1-17-18(2)22-20(19(3)21(17)25)13-15-23(4,26-22)14-11-9-7-5-6-8-10-12-16-24/h25H,5-16H2,1-4H3. The molecule has 2 nitrogen and oxygen atoms in total. The molecular weight excluding hydrogens is 435 g/mol.